The molecule has 0 spiro atoms. The smallest absolute Gasteiger partial charge is 0.246 e. The summed E-state index contributed by atoms with van der Waals surface area (Å²) in [6.45, 7) is 2.48. The van der Waals surface area contributed by atoms with Gasteiger partial charge in [-0.05, 0) is 25.1 Å². The SMILES string of the molecule is Cc1nc(CN(C)C(=O)C=Cc2nc3ccccc3s2)cs1. The van der Waals surface area contributed by atoms with E-state index in [1.807, 2.05) is 36.6 Å². The molecule has 2 heterocycles. The monoisotopic (exact) mass is 329 g/mol. The molecular formula is C16H15N3OS2. The van der Waals surface area contributed by atoms with Gasteiger partial charge in [0, 0.05) is 18.5 Å². The highest BCUT2D eigenvalue weighted by Gasteiger charge is 2.08. The van der Waals surface area contributed by atoms with E-state index < -0.39 is 0 Å². The van der Waals surface area contributed by atoms with Gasteiger partial charge in [-0.25, -0.2) is 9.97 Å². The predicted molar refractivity (Wildman–Crippen MR) is 92.0 cm³/mol. The number of benzene rings is 1. The van der Waals surface area contributed by atoms with Crippen LogP contribution >= 0.6 is 22.7 Å². The van der Waals surface area contributed by atoms with Gasteiger partial charge >= 0.3 is 0 Å². The summed E-state index contributed by atoms with van der Waals surface area (Å²) in [5.41, 5.74) is 1.89. The molecule has 3 rings (SSSR count). The number of hydrogen-bond donors (Lipinski definition) is 0. The van der Waals surface area contributed by atoms with Gasteiger partial charge in [0.2, 0.25) is 5.91 Å². The summed E-state index contributed by atoms with van der Waals surface area (Å²) in [5.74, 6) is -0.0510. The summed E-state index contributed by atoms with van der Waals surface area (Å²) in [4.78, 5) is 22.6. The molecule has 2 aromatic heterocycles. The number of fused-ring (bicyclic) bond motifs is 1. The van der Waals surface area contributed by atoms with Gasteiger partial charge in [0.15, 0.2) is 0 Å². The first-order valence-electron chi connectivity index (χ1n) is 6.81. The Morgan fingerprint density at radius 2 is 2.14 bits per heavy atom. The van der Waals surface area contributed by atoms with Gasteiger partial charge in [-0.3, -0.25) is 4.79 Å². The fourth-order valence-corrected chi connectivity index (χ4v) is 3.51. The van der Waals surface area contributed by atoms with Gasteiger partial charge in [0.25, 0.3) is 0 Å². The largest absolute Gasteiger partial charge is 0.336 e. The third-order valence-electron chi connectivity index (χ3n) is 3.12. The number of nitrogens with zero attached hydrogens (tertiary/aromatic N) is 3. The quantitative estimate of drug-likeness (QED) is 0.685. The molecule has 112 valence electrons. The lowest BCUT2D eigenvalue weighted by atomic mass is 10.3. The minimum absolute atomic E-state index is 0.0510. The Kier molecular flexibility index (Phi) is 4.31. The summed E-state index contributed by atoms with van der Waals surface area (Å²) in [6.07, 6.45) is 3.34. The number of likely N-dealkylation sites (N-methyl/N-ethyl adjacent to an activating group) is 1. The summed E-state index contributed by atoms with van der Waals surface area (Å²) in [7, 11) is 1.78. The van der Waals surface area contributed by atoms with Crippen LogP contribution in [0, 0.1) is 6.92 Å². The van der Waals surface area contributed by atoms with Crippen molar-refractivity contribution in [2.75, 3.05) is 7.05 Å². The first kappa shape index (κ1) is 14.9. The molecule has 0 saturated carbocycles. The minimum Gasteiger partial charge on any atom is -0.336 e. The van der Waals surface area contributed by atoms with Crippen LogP contribution in [0.2, 0.25) is 0 Å². The maximum absolute atomic E-state index is 12.1. The van der Waals surface area contributed by atoms with Crippen molar-refractivity contribution >= 4 is 44.9 Å². The van der Waals surface area contributed by atoms with E-state index in [1.54, 1.807) is 46.8 Å². The molecule has 1 amide bonds. The zero-order valence-corrected chi connectivity index (χ0v) is 13.9. The van der Waals surface area contributed by atoms with Crippen molar-refractivity contribution in [3.63, 3.8) is 0 Å². The van der Waals surface area contributed by atoms with Crippen molar-refractivity contribution in [3.05, 3.63) is 51.4 Å². The first-order valence-corrected chi connectivity index (χ1v) is 8.51. The van der Waals surface area contributed by atoms with Gasteiger partial charge in [0.05, 0.1) is 27.5 Å². The standard InChI is InChI=1S/C16H15N3OS2/c1-11-17-12(10-21-11)9-19(2)16(20)8-7-15-18-13-5-3-4-6-14(13)22-15/h3-8,10H,9H2,1-2H3. The molecule has 0 N–H and O–H groups in total. The van der Waals surface area contributed by atoms with Crippen LogP contribution in [0.4, 0.5) is 0 Å². The van der Waals surface area contributed by atoms with E-state index in [-0.39, 0.29) is 5.91 Å². The second-order valence-electron chi connectivity index (χ2n) is 4.91. The molecule has 3 aromatic rings. The highest BCUT2D eigenvalue weighted by Crippen LogP contribution is 2.22. The second-order valence-corrected chi connectivity index (χ2v) is 7.03. The highest BCUT2D eigenvalue weighted by atomic mass is 32.1. The average molecular weight is 329 g/mol. The molecule has 1 aromatic carbocycles. The Bertz CT molecular complexity index is 802. The Morgan fingerprint density at radius 3 is 2.86 bits per heavy atom. The van der Waals surface area contributed by atoms with Crippen LogP contribution in [0.1, 0.15) is 15.7 Å². The number of thiazole rings is 2. The normalized spacial score (nSPS) is 11.4. The van der Waals surface area contributed by atoms with Crippen LogP contribution in [0.15, 0.2) is 35.7 Å². The zero-order chi connectivity index (χ0) is 15.5. The first-order chi connectivity index (χ1) is 10.6. The number of hydrogen-bond acceptors (Lipinski definition) is 5. The van der Waals surface area contributed by atoms with Gasteiger partial charge < -0.3 is 4.90 Å². The number of aryl methyl sites for hydroxylation is 1. The molecule has 0 fully saturated rings. The van der Waals surface area contributed by atoms with E-state index in [1.165, 1.54) is 0 Å². The van der Waals surface area contributed by atoms with Crippen LogP contribution in [0.5, 0.6) is 0 Å². The van der Waals surface area contributed by atoms with Crippen LogP contribution in [-0.4, -0.2) is 27.8 Å². The van der Waals surface area contributed by atoms with Gasteiger partial charge in [0.1, 0.15) is 5.01 Å². The molecule has 22 heavy (non-hydrogen) atoms. The summed E-state index contributed by atoms with van der Waals surface area (Å²) in [5, 5.41) is 3.84. The van der Waals surface area contributed by atoms with Crippen molar-refractivity contribution in [1.29, 1.82) is 0 Å². The molecule has 0 radical (unpaired) electrons. The van der Waals surface area contributed by atoms with Gasteiger partial charge in [-0.15, -0.1) is 22.7 Å². The zero-order valence-electron chi connectivity index (χ0n) is 12.3. The fraction of sp³-hybridized carbons (Fsp3) is 0.188. The molecule has 4 nitrogen and oxygen atoms in total. The summed E-state index contributed by atoms with van der Waals surface area (Å²) < 4.78 is 1.13. The molecular weight excluding hydrogens is 314 g/mol. The number of para-hydroxylation sites is 1. The average Bonchev–Trinajstić information content (AvgIpc) is 3.10. The Morgan fingerprint density at radius 1 is 1.32 bits per heavy atom. The van der Waals surface area contributed by atoms with Crippen LogP contribution in [-0.2, 0) is 11.3 Å². The molecule has 0 bridgehead atoms. The fourth-order valence-electron chi connectivity index (χ4n) is 2.03. The lowest BCUT2D eigenvalue weighted by molar-refractivity contribution is -0.125. The molecule has 0 aliphatic rings. The number of amides is 1. The Balaban J connectivity index is 1.67. The van der Waals surface area contributed by atoms with Gasteiger partial charge in [-0.2, -0.15) is 0 Å². The lowest BCUT2D eigenvalue weighted by Crippen LogP contribution is -2.24. The number of carbonyl (C=O) groups is 1. The molecule has 0 atom stereocenters. The van der Waals surface area contributed by atoms with Crippen LogP contribution < -0.4 is 0 Å². The van der Waals surface area contributed by atoms with Crippen molar-refractivity contribution in [2.24, 2.45) is 0 Å². The number of carbonyl (C=O) groups excluding carboxylic acids is 1. The highest BCUT2D eigenvalue weighted by molar-refractivity contribution is 7.19. The summed E-state index contributed by atoms with van der Waals surface area (Å²) in [6, 6.07) is 7.96. The molecule has 0 aliphatic heterocycles. The van der Waals surface area contributed by atoms with Crippen molar-refractivity contribution in [3.8, 4) is 0 Å². The van der Waals surface area contributed by atoms with E-state index in [4.69, 9.17) is 0 Å². The van der Waals surface area contributed by atoms with E-state index in [9.17, 15) is 4.79 Å². The number of rotatable bonds is 4. The summed E-state index contributed by atoms with van der Waals surface area (Å²) >= 11 is 3.17. The van der Waals surface area contributed by atoms with Crippen LogP contribution in [0.3, 0.4) is 0 Å². The Labute approximate surface area is 136 Å². The van der Waals surface area contributed by atoms with E-state index in [0.717, 1.165) is 25.9 Å². The van der Waals surface area contributed by atoms with Crippen molar-refractivity contribution < 1.29 is 4.79 Å². The van der Waals surface area contributed by atoms with Crippen LogP contribution in [0.25, 0.3) is 16.3 Å². The molecule has 0 aliphatic carbocycles. The molecule has 0 unspecified atom stereocenters. The van der Waals surface area contributed by atoms with Crippen molar-refractivity contribution in [1.82, 2.24) is 14.9 Å². The van der Waals surface area contributed by atoms with E-state index >= 15 is 0 Å². The molecule has 6 heteroatoms. The molecule has 0 saturated heterocycles. The van der Waals surface area contributed by atoms with Crippen molar-refractivity contribution in [2.45, 2.75) is 13.5 Å². The predicted octanol–water partition coefficient (Wildman–Crippen LogP) is 3.73. The lowest BCUT2D eigenvalue weighted by Gasteiger charge is -2.12. The topological polar surface area (TPSA) is 46.1 Å². The van der Waals surface area contributed by atoms with E-state index in [0.29, 0.717) is 6.54 Å². The van der Waals surface area contributed by atoms with Gasteiger partial charge in [-0.1, -0.05) is 12.1 Å². The maximum Gasteiger partial charge on any atom is 0.246 e. The third kappa shape index (κ3) is 3.40. The number of aromatic nitrogens is 2. The second kappa shape index (κ2) is 6.37. The minimum atomic E-state index is -0.0510. The van der Waals surface area contributed by atoms with E-state index in [2.05, 4.69) is 9.97 Å². The Hall–Kier alpha value is -2.05. The maximum atomic E-state index is 12.1. The third-order valence-corrected chi connectivity index (χ3v) is 4.94.